The van der Waals surface area contributed by atoms with Gasteiger partial charge >= 0.3 is 11.9 Å². The summed E-state index contributed by atoms with van der Waals surface area (Å²) >= 11 is 0. The van der Waals surface area contributed by atoms with E-state index in [1.165, 1.54) is 96.3 Å². The van der Waals surface area contributed by atoms with Crippen LogP contribution in [0, 0.1) is 0 Å². The van der Waals surface area contributed by atoms with Crippen LogP contribution in [0.2, 0.25) is 0 Å². The Labute approximate surface area is 446 Å². The topological polar surface area (TPSA) is 231 Å². The Balaban J connectivity index is 1.76. The molecule has 11 unspecified atom stereocenters. The maximum atomic E-state index is 13.1. The molecule has 0 aromatic carbocycles. The van der Waals surface area contributed by atoms with E-state index in [1.807, 2.05) is 0 Å². The summed E-state index contributed by atoms with van der Waals surface area (Å²) in [5.74, 6) is -0.933. The molecule has 0 aromatic rings. The van der Waals surface area contributed by atoms with E-state index < -0.39 is 92.7 Å². The Kier molecular flexibility index (Phi) is 41.5. The second-order valence-electron chi connectivity index (χ2n) is 20.4. The molecule has 2 rings (SSSR count). The third kappa shape index (κ3) is 32.3. The number of carbonyl (C=O) groups excluding carboxylic acids is 2. The van der Waals surface area contributed by atoms with Crippen molar-refractivity contribution in [2.24, 2.45) is 0 Å². The molecule has 430 valence electrons. The third-order valence-corrected chi connectivity index (χ3v) is 13.8. The Morgan fingerprint density at radius 1 is 0.446 bits per heavy atom. The van der Waals surface area contributed by atoms with E-state index in [1.54, 1.807) is 0 Å². The number of allylic oxidation sites excluding steroid dienone is 8. The van der Waals surface area contributed by atoms with Crippen LogP contribution in [0.25, 0.3) is 0 Å². The average molecular weight is 1050 g/mol. The quantitative estimate of drug-likeness (QED) is 0.0171. The van der Waals surface area contributed by atoms with E-state index in [2.05, 4.69) is 62.5 Å². The van der Waals surface area contributed by atoms with Crippen molar-refractivity contribution >= 4 is 11.9 Å². The van der Waals surface area contributed by atoms with Gasteiger partial charge in [-0.1, -0.05) is 204 Å². The highest BCUT2D eigenvalue weighted by Crippen LogP contribution is 2.27. The lowest BCUT2D eigenvalue weighted by Gasteiger charge is -2.42. The molecule has 0 aliphatic carbocycles. The van der Waals surface area contributed by atoms with Gasteiger partial charge in [-0.15, -0.1) is 0 Å². The molecule has 74 heavy (non-hydrogen) atoms. The number of unbranched alkanes of at least 4 members (excludes halogenated alkanes) is 24. The lowest BCUT2D eigenvalue weighted by molar-refractivity contribution is -0.332. The highest BCUT2D eigenvalue weighted by atomic mass is 16.7. The first-order valence-electron chi connectivity index (χ1n) is 29.2. The van der Waals surface area contributed by atoms with Crippen LogP contribution in [0.1, 0.15) is 219 Å². The number of hydrogen-bond donors (Lipinski definition) is 7. The molecule has 2 aliphatic heterocycles. The Hall–Kier alpha value is -2.54. The molecule has 2 aliphatic rings. The number of ether oxygens (including phenoxy) is 6. The van der Waals surface area contributed by atoms with Gasteiger partial charge in [0.1, 0.15) is 55.4 Å². The molecule has 2 saturated heterocycles. The molecule has 2 fully saturated rings. The molecule has 15 nitrogen and oxygen atoms in total. The summed E-state index contributed by atoms with van der Waals surface area (Å²) in [6.45, 7) is 2.50. The van der Waals surface area contributed by atoms with Crippen molar-refractivity contribution in [2.75, 3.05) is 26.4 Å². The largest absolute Gasteiger partial charge is 0.462 e. The third-order valence-electron chi connectivity index (χ3n) is 13.8. The summed E-state index contributed by atoms with van der Waals surface area (Å²) in [7, 11) is 0. The van der Waals surface area contributed by atoms with Gasteiger partial charge in [0.25, 0.3) is 0 Å². The van der Waals surface area contributed by atoms with Crippen molar-refractivity contribution in [1.82, 2.24) is 0 Å². The minimum atomic E-state index is -1.77. The van der Waals surface area contributed by atoms with Crippen LogP contribution in [0.5, 0.6) is 0 Å². The zero-order valence-electron chi connectivity index (χ0n) is 45.8. The van der Waals surface area contributed by atoms with E-state index in [0.717, 1.165) is 83.5 Å². The van der Waals surface area contributed by atoms with Crippen LogP contribution in [0.15, 0.2) is 48.6 Å². The van der Waals surface area contributed by atoms with Crippen LogP contribution >= 0.6 is 0 Å². The summed E-state index contributed by atoms with van der Waals surface area (Å²) in [6, 6.07) is 0. The number of hydrogen-bond acceptors (Lipinski definition) is 15. The van der Waals surface area contributed by atoms with Gasteiger partial charge in [-0.3, -0.25) is 9.59 Å². The number of carbonyl (C=O) groups is 2. The highest BCUT2D eigenvalue weighted by molar-refractivity contribution is 5.70. The van der Waals surface area contributed by atoms with E-state index >= 15 is 0 Å². The van der Waals surface area contributed by atoms with Crippen molar-refractivity contribution in [1.29, 1.82) is 0 Å². The van der Waals surface area contributed by atoms with Gasteiger partial charge in [0.2, 0.25) is 0 Å². The molecular formula is C59H104O15. The van der Waals surface area contributed by atoms with Crippen molar-refractivity contribution < 1.29 is 73.8 Å². The van der Waals surface area contributed by atoms with Crippen molar-refractivity contribution in [2.45, 2.75) is 287 Å². The van der Waals surface area contributed by atoms with Crippen LogP contribution in [-0.4, -0.2) is 142 Å². The molecule has 0 saturated carbocycles. The summed E-state index contributed by atoms with van der Waals surface area (Å²) < 4.78 is 33.7. The Morgan fingerprint density at radius 3 is 1.34 bits per heavy atom. The maximum Gasteiger partial charge on any atom is 0.306 e. The van der Waals surface area contributed by atoms with Gasteiger partial charge in [0.15, 0.2) is 18.7 Å². The summed E-state index contributed by atoms with van der Waals surface area (Å²) in [4.78, 5) is 25.9. The standard InChI is InChI=1S/C59H104O15/c1-3-5-7-9-11-13-15-17-19-21-23-25-27-29-31-33-35-37-39-41-50(61)69-44-47(72-51(62)42-40-38-36-34-32-30-28-26-24-22-20-18-16-14-12-10-8-6-4-2)45-70-58-57(68)55(66)53(64)49(74-58)46-71-59-56(67)54(65)52(63)48(43-60)73-59/h6,8,12,14,18,20,24,26,47-49,52-60,63-68H,3-5,7,9-11,13,15-17,19,21-23,25,27-46H2,1-2H3/b8-6-,14-12-,20-18-,26-24-. The minimum Gasteiger partial charge on any atom is -0.462 e. The van der Waals surface area contributed by atoms with Crippen LogP contribution in [0.4, 0.5) is 0 Å². The molecule has 11 atom stereocenters. The fraction of sp³-hybridized carbons (Fsp3) is 0.831. The van der Waals surface area contributed by atoms with Crippen LogP contribution in [-0.2, 0) is 38.0 Å². The van der Waals surface area contributed by atoms with Crippen LogP contribution < -0.4 is 0 Å². The number of aliphatic hydroxyl groups is 7. The van der Waals surface area contributed by atoms with E-state index in [9.17, 15) is 45.3 Å². The van der Waals surface area contributed by atoms with Gasteiger partial charge in [-0.25, -0.2) is 0 Å². The van der Waals surface area contributed by atoms with Crippen molar-refractivity contribution in [3.8, 4) is 0 Å². The summed E-state index contributed by atoms with van der Waals surface area (Å²) in [5.41, 5.74) is 0. The molecule has 0 radical (unpaired) electrons. The van der Waals surface area contributed by atoms with Gasteiger partial charge in [0.05, 0.1) is 19.8 Å². The molecule has 2 heterocycles. The normalized spacial score (nSPS) is 25.0. The zero-order chi connectivity index (χ0) is 53.9. The van der Waals surface area contributed by atoms with Crippen molar-refractivity contribution in [3.05, 3.63) is 48.6 Å². The molecule has 0 spiro atoms. The molecule has 7 N–H and O–H groups in total. The number of rotatable bonds is 46. The SMILES string of the molecule is CC/C=C\C/C=C\C/C=C\C/C=C\CCCCCCCCC(=O)OC(COC(=O)CCCCCCCCCCCCCCCCCCCCC)COC1OC(COC2OC(CO)C(O)C(O)C2O)C(O)C(O)C1O. The van der Waals surface area contributed by atoms with Crippen LogP contribution in [0.3, 0.4) is 0 Å². The van der Waals surface area contributed by atoms with Gasteiger partial charge in [0, 0.05) is 12.8 Å². The molecule has 0 bridgehead atoms. The zero-order valence-corrected chi connectivity index (χ0v) is 45.8. The second-order valence-corrected chi connectivity index (χ2v) is 20.4. The lowest BCUT2D eigenvalue weighted by Crippen LogP contribution is -2.61. The summed E-state index contributed by atoms with van der Waals surface area (Å²) in [5, 5.41) is 72.3. The summed E-state index contributed by atoms with van der Waals surface area (Å²) in [6.07, 6.45) is 35.5. The van der Waals surface area contributed by atoms with Gasteiger partial charge in [-0.2, -0.15) is 0 Å². The fourth-order valence-electron chi connectivity index (χ4n) is 9.09. The van der Waals surface area contributed by atoms with Crippen molar-refractivity contribution in [3.63, 3.8) is 0 Å². The smallest absolute Gasteiger partial charge is 0.306 e. The molecule has 15 heteroatoms. The van der Waals surface area contributed by atoms with E-state index in [0.29, 0.717) is 12.8 Å². The predicted octanol–water partition coefficient (Wildman–Crippen LogP) is 9.83. The monoisotopic (exact) mass is 1050 g/mol. The van der Waals surface area contributed by atoms with E-state index in [-0.39, 0.29) is 26.1 Å². The predicted molar refractivity (Wildman–Crippen MR) is 289 cm³/mol. The van der Waals surface area contributed by atoms with Gasteiger partial charge in [-0.05, 0) is 51.4 Å². The highest BCUT2D eigenvalue weighted by Gasteiger charge is 2.47. The first-order valence-corrected chi connectivity index (χ1v) is 29.2. The number of aliphatic hydroxyl groups excluding tert-OH is 7. The number of esters is 2. The maximum absolute atomic E-state index is 13.1. The Bertz CT molecular complexity index is 1470. The molecular weight excluding hydrogens is 949 g/mol. The first-order chi connectivity index (χ1) is 36.0. The van der Waals surface area contributed by atoms with E-state index in [4.69, 9.17) is 28.4 Å². The lowest BCUT2D eigenvalue weighted by atomic mass is 9.98. The first kappa shape index (κ1) is 67.6. The fourth-order valence-corrected chi connectivity index (χ4v) is 9.09. The average Bonchev–Trinajstić information content (AvgIpc) is 3.39. The minimum absolute atomic E-state index is 0.149. The second kappa shape index (κ2) is 45.5. The van der Waals surface area contributed by atoms with Gasteiger partial charge < -0.3 is 64.2 Å². The molecule has 0 amide bonds. The molecule has 0 aromatic heterocycles. The Morgan fingerprint density at radius 2 is 0.851 bits per heavy atom.